The Hall–Kier alpha value is -0.993. The van der Waals surface area contributed by atoms with Crippen molar-refractivity contribution in [1.29, 1.82) is 0 Å². The fourth-order valence-electron chi connectivity index (χ4n) is 2.56. The van der Waals surface area contributed by atoms with E-state index in [0.717, 1.165) is 18.5 Å². The lowest BCUT2D eigenvalue weighted by molar-refractivity contribution is 0.213. The zero-order valence-electron chi connectivity index (χ0n) is 11.4. The number of benzene rings is 2. The first kappa shape index (κ1) is 14.0. The highest BCUT2D eigenvalue weighted by Crippen LogP contribution is 2.31. The van der Waals surface area contributed by atoms with Gasteiger partial charge in [-0.2, -0.15) is 0 Å². The summed E-state index contributed by atoms with van der Waals surface area (Å²) >= 11 is 0. The summed E-state index contributed by atoms with van der Waals surface area (Å²) in [7, 11) is -0.937. The van der Waals surface area contributed by atoms with Gasteiger partial charge >= 0.3 is 0 Å². The molecule has 3 unspecified atom stereocenters. The maximum absolute atomic E-state index is 5.89. The Balaban J connectivity index is 1.57. The lowest BCUT2D eigenvalue weighted by Crippen LogP contribution is -2.30. The van der Waals surface area contributed by atoms with Crippen molar-refractivity contribution in [3.63, 3.8) is 0 Å². The molecule has 2 nitrogen and oxygen atoms in total. The molecular weight excluding hydrogens is 283 g/mol. The van der Waals surface area contributed by atoms with Gasteiger partial charge in [-0.05, 0) is 29.6 Å². The minimum absolute atomic E-state index is 0.227. The molecular formula is C16H19O2PSi. The van der Waals surface area contributed by atoms with Crippen LogP contribution < -0.4 is 0 Å². The second-order valence-corrected chi connectivity index (χ2v) is 8.65. The Labute approximate surface area is 123 Å². The van der Waals surface area contributed by atoms with Crippen LogP contribution in [0, 0.1) is 0 Å². The van der Waals surface area contributed by atoms with Crippen LogP contribution in [0.2, 0.25) is 6.04 Å². The molecule has 0 radical (unpaired) electrons. The molecule has 1 saturated heterocycles. The smallest absolute Gasteiger partial charge is 0.191 e. The Bertz CT molecular complexity index is 473. The third-order valence-corrected chi connectivity index (χ3v) is 7.69. The van der Waals surface area contributed by atoms with E-state index in [1.54, 1.807) is 0 Å². The summed E-state index contributed by atoms with van der Waals surface area (Å²) < 4.78 is 11.7. The van der Waals surface area contributed by atoms with Crippen molar-refractivity contribution in [2.75, 3.05) is 0 Å². The van der Waals surface area contributed by atoms with Crippen LogP contribution in [0.1, 0.15) is 11.1 Å². The number of hydrogen-bond donors (Lipinski definition) is 0. The third kappa shape index (κ3) is 4.00. The summed E-state index contributed by atoms with van der Waals surface area (Å²) in [6.07, 6.45) is 1.35. The fraction of sp³-hybridized carbons (Fsp3) is 0.250. The van der Waals surface area contributed by atoms with E-state index >= 15 is 0 Å². The predicted molar refractivity (Wildman–Crippen MR) is 86.5 cm³/mol. The van der Waals surface area contributed by atoms with Gasteiger partial charge in [0, 0.05) is 0 Å². The molecule has 0 aromatic heterocycles. The largest absolute Gasteiger partial charge is 0.381 e. The van der Waals surface area contributed by atoms with Gasteiger partial charge in [0.1, 0.15) is 9.03 Å². The van der Waals surface area contributed by atoms with Crippen LogP contribution in [-0.2, 0) is 21.2 Å². The standard InChI is InChI=1S/C16H19O2PSi/c1-3-7-14(8-4-1)11-16-13-20(18-19-17-16)12-15-9-5-2-6-10-15/h1-10,16,19-20H,11-13H2. The van der Waals surface area contributed by atoms with Crippen LogP contribution in [-0.4, -0.2) is 15.1 Å². The van der Waals surface area contributed by atoms with Gasteiger partial charge in [0.25, 0.3) is 0 Å². The summed E-state index contributed by atoms with van der Waals surface area (Å²) in [4.78, 5) is 0. The van der Waals surface area contributed by atoms with Crippen molar-refractivity contribution in [2.24, 2.45) is 0 Å². The molecule has 0 spiro atoms. The molecule has 1 fully saturated rings. The van der Waals surface area contributed by atoms with Gasteiger partial charge in [0.15, 0.2) is 9.04 Å². The Morgan fingerprint density at radius 1 is 0.950 bits per heavy atom. The van der Waals surface area contributed by atoms with E-state index < -0.39 is 9.04 Å². The van der Waals surface area contributed by atoms with Crippen LogP contribution >= 0.6 is 9.03 Å². The summed E-state index contributed by atoms with van der Waals surface area (Å²) in [6, 6.07) is 23.5. The second kappa shape index (κ2) is 7.14. The van der Waals surface area contributed by atoms with Gasteiger partial charge in [-0.1, -0.05) is 60.7 Å². The SMILES string of the molecule is c1ccc(CC2C[SiH](Cc3ccccc3)OPO2)cc1. The van der Waals surface area contributed by atoms with Crippen molar-refractivity contribution < 1.29 is 8.74 Å². The van der Waals surface area contributed by atoms with Crippen LogP contribution in [0.5, 0.6) is 0 Å². The maximum atomic E-state index is 5.89. The molecule has 2 aromatic carbocycles. The van der Waals surface area contributed by atoms with E-state index in [1.807, 2.05) is 0 Å². The van der Waals surface area contributed by atoms with E-state index in [9.17, 15) is 0 Å². The number of rotatable bonds is 4. The first-order valence-electron chi connectivity index (χ1n) is 7.04. The van der Waals surface area contributed by atoms with Crippen molar-refractivity contribution >= 4 is 18.1 Å². The van der Waals surface area contributed by atoms with Crippen molar-refractivity contribution in [3.05, 3.63) is 71.8 Å². The van der Waals surface area contributed by atoms with E-state index in [4.69, 9.17) is 8.74 Å². The highest BCUT2D eigenvalue weighted by atomic mass is 31.1. The van der Waals surface area contributed by atoms with Gasteiger partial charge in [-0.3, -0.25) is 0 Å². The van der Waals surface area contributed by atoms with Crippen molar-refractivity contribution in [1.82, 2.24) is 0 Å². The average Bonchev–Trinajstić information content (AvgIpc) is 2.50. The zero-order valence-corrected chi connectivity index (χ0v) is 13.5. The fourth-order valence-corrected chi connectivity index (χ4v) is 6.36. The minimum atomic E-state index is -1.16. The van der Waals surface area contributed by atoms with Gasteiger partial charge in [-0.15, -0.1) is 0 Å². The second-order valence-electron chi connectivity index (χ2n) is 5.18. The molecule has 1 heterocycles. The van der Waals surface area contributed by atoms with Crippen molar-refractivity contribution in [2.45, 2.75) is 24.6 Å². The topological polar surface area (TPSA) is 18.5 Å². The highest BCUT2D eigenvalue weighted by Gasteiger charge is 2.25. The third-order valence-electron chi connectivity index (χ3n) is 3.57. The molecule has 0 saturated carbocycles. The Kier molecular flexibility index (Phi) is 4.99. The Morgan fingerprint density at radius 2 is 1.60 bits per heavy atom. The van der Waals surface area contributed by atoms with Crippen LogP contribution in [0.4, 0.5) is 0 Å². The molecule has 0 bridgehead atoms. The lowest BCUT2D eigenvalue weighted by Gasteiger charge is -2.28. The van der Waals surface area contributed by atoms with Crippen LogP contribution in [0.25, 0.3) is 0 Å². The molecule has 4 heteroatoms. The van der Waals surface area contributed by atoms with Gasteiger partial charge in [-0.25, -0.2) is 0 Å². The monoisotopic (exact) mass is 302 g/mol. The summed E-state index contributed by atoms with van der Waals surface area (Å²) in [5.41, 5.74) is 2.76. The summed E-state index contributed by atoms with van der Waals surface area (Å²) in [5, 5.41) is 0. The molecule has 2 aromatic rings. The first-order valence-corrected chi connectivity index (χ1v) is 9.96. The highest BCUT2D eigenvalue weighted by molar-refractivity contribution is 7.28. The minimum Gasteiger partial charge on any atom is -0.381 e. The van der Waals surface area contributed by atoms with E-state index in [-0.39, 0.29) is 9.03 Å². The quantitative estimate of drug-likeness (QED) is 0.634. The predicted octanol–water partition coefficient (Wildman–Crippen LogP) is 3.66. The first-order chi connectivity index (χ1) is 9.90. The van der Waals surface area contributed by atoms with Gasteiger partial charge in [0.05, 0.1) is 6.10 Å². The summed E-state index contributed by atoms with van der Waals surface area (Å²) in [6.45, 7) is 0. The normalized spacial score (nSPS) is 23.8. The molecule has 3 rings (SSSR count). The molecule has 0 amide bonds. The zero-order chi connectivity index (χ0) is 13.6. The van der Waals surface area contributed by atoms with E-state index in [0.29, 0.717) is 6.10 Å². The molecule has 1 aliphatic heterocycles. The molecule has 0 N–H and O–H groups in total. The molecule has 20 heavy (non-hydrogen) atoms. The molecule has 104 valence electrons. The van der Waals surface area contributed by atoms with Crippen molar-refractivity contribution in [3.8, 4) is 0 Å². The lowest BCUT2D eigenvalue weighted by atomic mass is 10.1. The van der Waals surface area contributed by atoms with Gasteiger partial charge in [0.2, 0.25) is 0 Å². The number of hydrogen-bond acceptors (Lipinski definition) is 2. The summed E-state index contributed by atoms with van der Waals surface area (Å²) in [5.74, 6) is 0. The Morgan fingerprint density at radius 3 is 2.30 bits per heavy atom. The van der Waals surface area contributed by atoms with E-state index in [2.05, 4.69) is 60.7 Å². The van der Waals surface area contributed by atoms with E-state index in [1.165, 1.54) is 11.1 Å². The van der Waals surface area contributed by atoms with Gasteiger partial charge < -0.3 is 8.74 Å². The molecule has 1 aliphatic rings. The molecule has 3 atom stereocenters. The average molecular weight is 302 g/mol. The van der Waals surface area contributed by atoms with Crippen LogP contribution in [0.3, 0.4) is 0 Å². The maximum Gasteiger partial charge on any atom is 0.191 e. The van der Waals surface area contributed by atoms with Crippen LogP contribution in [0.15, 0.2) is 60.7 Å². The molecule has 0 aliphatic carbocycles.